The highest BCUT2D eigenvalue weighted by molar-refractivity contribution is 14.1. The van der Waals surface area contributed by atoms with E-state index in [0.717, 1.165) is 12.0 Å². The first-order valence-corrected chi connectivity index (χ1v) is 6.59. The first-order chi connectivity index (χ1) is 7.75. The second-order valence-corrected chi connectivity index (χ2v) is 5.50. The summed E-state index contributed by atoms with van der Waals surface area (Å²) in [6.07, 6.45) is 0.253. The van der Waals surface area contributed by atoms with Gasteiger partial charge in [-0.2, -0.15) is 0 Å². The maximum atomic E-state index is 9.40. The minimum atomic E-state index is -0.633. The fraction of sp³-hybridized carbons (Fsp3) is 0.500. The lowest BCUT2D eigenvalue weighted by Gasteiger charge is -2.10. The number of alkyl halides is 1. The minimum Gasteiger partial charge on any atom is -0.374 e. The summed E-state index contributed by atoms with van der Waals surface area (Å²) in [7, 11) is 0. The maximum Gasteiger partial charge on any atom is 0.166 e. The zero-order chi connectivity index (χ0) is 11.4. The molecule has 2 rings (SSSR count). The number of benzene rings is 1. The fourth-order valence-electron chi connectivity index (χ4n) is 1.70. The van der Waals surface area contributed by atoms with Crippen molar-refractivity contribution in [3.63, 3.8) is 0 Å². The molecule has 0 radical (unpaired) electrons. The van der Waals surface area contributed by atoms with Crippen molar-refractivity contribution in [2.75, 3.05) is 6.61 Å². The van der Waals surface area contributed by atoms with Gasteiger partial charge in [0.05, 0.1) is 23.2 Å². The van der Waals surface area contributed by atoms with E-state index in [1.807, 2.05) is 30.3 Å². The summed E-state index contributed by atoms with van der Waals surface area (Å²) in [4.78, 5) is 0. The average molecular weight is 334 g/mol. The molecular formula is C12H15IO3. The SMILES string of the molecule is O[C@H]1O[C@H](COCc2ccccc2)C[C@H]1I. The normalized spacial score (nSPS) is 29.5. The molecule has 0 aliphatic carbocycles. The largest absolute Gasteiger partial charge is 0.374 e. The predicted molar refractivity (Wildman–Crippen MR) is 69.4 cm³/mol. The summed E-state index contributed by atoms with van der Waals surface area (Å²) in [6.45, 7) is 1.15. The molecule has 1 heterocycles. The summed E-state index contributed by atoms with van der Waals surface area (Å²) >= 11 is 2.21. The number of hydrogen-bond acceptors (Lipinski definition) is 3. The summed E-state index contributed by atoms with van der Waals surface area (Å²) in [5.74, 6) is 0. The highest BCUT2D eigenvalue weighted by atomic mass is 127. The van der Waals surface area contributed by atoms with Gasteiger partial charge in [-0.25, -0.2) is 0 Å². The second kappa shape index (κ2) is 5.95. The van der Waals surface area contributed by atoms with Crippen LogP contribution < -0.4 is 0 Å². The Kier molecular flexibility index (Phi) is 4.57. The van der Waals surface area contributed by atoms with Crippen LogP contribution in [-0.4, -0.2) is 28.0 Å². The quantitative estimate of drug-likeness (QED) is 0.677. The number of hydrogen-bond donors (Lipinski definition) is 1. The van der Waals surface area contributed by atoms with Crippen LogP contribution >= 0.6 is 22.6 Å². The molecule has 88 valence electrons. The Morgan fingerprint density at radius 2 is 2.12 bits per heavy atom. The summed E-state index contributed by atoms with van der Waals surface area (Å²) in [5, 5.41) is 9.40. The van der Waals surface area contributed by atoms with Gasteiger partial charge in [0.2, 0.25) is 0 Å². The van der Waals surface area contributed by atoms with Crippen molar-refractivity contribution < 1.29 is 14.6 Å². The van der Waals surface area contributed by atoms with Gasteiger partial charge in [-0.05, 0) is 12.0 Å². The zero-order valence-electron chi connectivity index (χ0n) is 8.88. The molecule has 1 aromatic rings. The number of halogens is 1. The molecule has 0 aromatic heterocycles. The van der Waals surface area contributed by atoms with Gasteiger partial charge in [0, 0.05) is 0 Å². The molecule has 1 fully saturated rings. The van der Waals surface area contributed by atoms with Crippen LogP contribution in [-0.2, 0) is 16.1 Å². The van der Waals surface area contributed by atoms with E-state index in [2.05, 4.69) is 22.6 Å². The smallest absolute Gasteiger partial charge is 0.166 e. The number of aliphatic hydroxyl groups is 1. The van der Waals surface area contributed by atoms with Crippen molar-refractivity contribution >= 4 is 22.6 Å². The van der Waals surface area contributed by atoms with Crippen molar-refractivity contribution in [2.24, 2.45) is 0 Å². The van der Waals surface area contributed by atoms with Crippen LogP contribution in [0.5, 0.6) is 0 Å². The van der Waals surface area contributed by atoms with Crippen LogP contribution in [0.4, 0.5) is 0 Å². The minimum absolute atomic E-state index is 0.0283. The molecule has 1 N–H and O–H groups in total. The van der Waals surface area contributed by atoms with E-state index in [0.29, 0.717) is 13.2 Å². The zero-order valence-corrected chi connectivity index (χ0v) is 11.0. The molecule has 1 aromatic carbocycles. The molecule has 1 aliphatic heterocycles. The lowest BCUT2D eigenvalue weighted by molar-refractivity contribution is -0.107. The third-order valence-electron chi connectivity index (χ3n) is 2.54. The third kappa shape index (κ3) is 3.41. The lowest BCUT2D eigenvalue weighted by atomic mass is 10.2. The van der Waals surface area contributed by atoms with Crippen LogP contribution in [0.15, 0.2) is 30.3 Å². The molecule has 1 aliphatic rings. The number of aliphatic hydroxyl groups excluding tert-OH is 1. The Labute approximate surface area is 109 Å². The highest BCUT2D eigenvalue weighted by Crippen LogP contribution is 2.25. The Hall–Kier alpha value is -0.170. The molecule has 3 nitrogen and oxygen atoms in total. The number of rotatable bonds is 4. The summed E-state index contributed by atoms with van der Waals surface area (Å²) in [5.41, 5.74) is 1.16. The lowest BCUT2D eigenvalue weighted by Crippen LogP contribution is -2.17. The van der Waals surface area contributed by atoms with Crippen LogP contribution in [0.3, 0.4) is 0 Å². The standard InChI is InChI=1S/C12H15IO3/c13-11-6-10(16-12(11)14)8-15-7-9-4-2-1-3-5-9/h1-5,10-12,14H,6-8H2/t10-,11+,12-/m0/s1. The maximum absolute atomic E-state index is 9.40. The van der Waals surface area contributed by atoms with Gasteiger partial charge in [0.25, 0.3) is 0 Å². The molecule has 0 bridgehead atoms. The van der Waals surface area contributed by atoms with E-state index in [1.54, 1.807) is 0 Å². The van der Waals surface area contributed by atoms with Gasteiger partial charge >= 0.3 is 0 Å². The molecule has 0 amide bonds. The Bertz CT molecular complexity index is 307. The van der Waals surface area contributed by atoms with Gasteiger partial charge in [0.1, 0.15) is 0 Å². The predicted octanol–water partition coefficient (Wildman–Crippen LogP) is 2.11. The van der Waals surface area contributed by atoms with Gasteiger partial charge in [-0.15, -0.1) is 0 Å². The van der Waals surface area contributed by atoms with E-state index < -0.39 is 6.29 Å². The third-order valence-corrected chi connectivity index (χ3v) is 3.67. The van der Waals surface area contributed by atoms with E-state index in [4.69, 9.17) is 9.47 Å². The van der Waals surface area contributed by atoms with Crippen molar-refractivity contribution in [3.8, 4) is 0 Å². The Morgan fingerprint density at radius 3 is 2.75 bits per heavy atom. The monoisotopic (exact) mass is 334 g/mol. The van der Waals surface area contributed by atoms with Gasteiger partial charge in [-0.3, -0.25) is 0 Å². The molecule has 4 heteroatoms. The van der Waals surface area contributed by atoms with Crippen LogP contribution in [0, 0.1) is 0 Å². The van der Waals surface area contributed by atoms with E-state index >= 15 is 0 Å². The first-order valence-electron chi connectivity index (χ1n) is 5.35. The van der Waals surface area contributed by atoms with Crippen molar-refractivity contribution in [3.05, 3.63) is 35.9 Å². The van der Waals surface area contributed by atoms with Gasteiger partial charge in [0.15, 0.2) is 6.29 Å². The molecular weight excluding hydrogens is 319 g/mol. The van der Waals surface area contributed by atoms with E-state index in [1.165, 1.54) is 0 Å². The topological polar surface area (TPSA) is 38.7 Å². The summed E-state index contributed by atoms with van der Waals surface area (Å²) in [6, 6.07) is 10.0. The average Bonchev–Trinajstić information content (AvgIpc) is 2.60. The van der Waals surface area contributed by atoms with E-state index in [9.17, 15) is 5.11 Å². The van der Waals surface area contributed by atoms with Crippen LogP contribution in [0.25, 0.3) is 0 Å². The molecule has 0 saturated carbocycles. The Balaban J connectivity index is 1.69. The van der Waals surface area contributed by atoms with Gasteiger partial charge < -0.3 is 14.6 Å². The van der Waals surface area contributed by atoms with Crippen molar-refractivity contribution in [1.29, 1.82) is 0 Å². The van der Waals surface area contributed by atoms with Crippen molar-refractivity contribution in [2.45, 2.75) is 29.3 Å². The highest BCUT2D eigenvalue weighted by Gasteiger charge is 2.31. The van der Waals surface area contributed by atoms with Crippen LogP contribution in [0.2, 0.25) is 0 Å². The first kappa shape index (κ1) is 12.3. The van der Waals surface area contributed by atoms with Crippen LogP contribution in [0.1, 0.15) is 12.0 Å². The molecule has 0 unspecified atom stereocenters. The fourth-order valence-corrected chi connectivity index (χ4v) is 2.43. The van der Waals surface area contributed by atoms with Gasteiger partial charge in [-0.1, -0.05) is 52.9 Å². The Morgan fingerprint density at radius 1 is 1.38 bits per heavy atom. The molecule has 1 saturated heterocycles. The summed E-state index contributed by atoms with van der Waals surface area (Å²) < 4.78 is 11.1. The van der Waals surface area contributed by atoms with E-state index in [-0.39, 0.29) is 10.0 Å². The van der Waals surface area contributed by atoms with Crippen molar-refractivity contribution in [1.82, 2.24) is 0 Å². The second-order valence-electron chi connectivity index (χ2n) is 3.90. The molecule has 0 spiro atoms. The number of ether oxygens (including phenoxy) is 2. The molecule has 3 atom stereocenters. The molecule has 16 heavy (non-hydrogen) atoms.